The van der Waals surface area contributed by atoms with Crippen molar-refractivity contribution in [3.8, 4) is 0 Å². The van der Waals surface area contributed by atoms with Crippen molar-refractivity contribution in [2.45, 2.75) is 36.5 Å². The molecule has 4 heteroatoms. The molecule has 0 bridgehead atoms. The van der Waals surface area contributed by atoms with Gasteiger partial charge in [0, 0.05) is 0 Å². The second kappa shape index (κ2) is 3.32. The first-order valence-electron chi connectivity index (χ1n) is 4.98. The van der Waals surface area contributed by atoms with Gasteiger partial charge in [-0.25, -0.2) is 8.42 Å². The molecule has 0 saturated carbocycles. The summed E-state index contributed by atoms with van der Waals surface area (Å²) in [5.74, 6) is 0. The number of hydrogen-bond donors (Lipinski definition) is 1. The Bertz CT molecular complexity index is 489. The van der Waals surface area contributed by atoms with E-state index in [9.17, 15) is 13.5 Å². The highest BCUT2D eigenvalue weighted by molar-refractivity contribution is 7.92. The fraction of sp³-hybridized carbons (Fsp3) is 0.455. The van der Waals surface area contributed by atoms with Gasteiger partial charge >= 0.3 is 0 Å². The molecule has 0 saturated heterocycles. The zero-order valence-corrected chi connectivity index (χ0v) is 9.58. The third-order valence-electron chi connectivity index (χ3n) is 2.95. The number of rotatable bonds is 1. The second-order valence-corrected chi connectivity index (χ2v) is 6.39. The van der Waals surface area contributed by atoms with Gasteiger partial charge in [0.1, 0.15) is 0 Å². The Hall–Kier alpha value is -0.870. The van der Waals surface area contributed by atoms with E-state index in [4.69, 9.17) is 0 Å². The summed E-state index contributed by atoms with van der Waals surface area (Å²) in [5.41, 5.74) is 1.53. The highest BCUT2D eigenvalue weighted by Crippen LogP contribution is 2.35. The number of sulfone groups is 1. The van der Waals surface area contributed by atoms with E-state index in [1.165, 1.54) is 0 Å². The molecule has 1 aliphatic rings. The number of aliphatic hydroxyl groups excluding tert-OH is 1. The summed E-state index contributed by atoms with van der Waals surface area (Å²) in [7, 11) is -3.15. The van der Waals surface area contributed by atoms with Crippen LogP contribution >= 0.6 is 0 Å². The van der Waals surface area contributed by atoms with Crippen LogP contribution in [-0.2, 0) is 16.3 Å². The smallest absolute Gasteiger partial charge is 0.181 e. The summed E-state index contributed by atoms with van der Waals surface area (Å²) < 4.78 is 23.8. The molecule has 1 aromatic carbocycles. The summed E-state index contributed by atoms with van der Waals surface area (Å²) in [6, 6.07) is 5.10. The van der Waals surface area contributed by atoms with Crippen LogP contribution in [0, 0.1) is 0 Å². The number of benzene rings is 1. The molecule has 15 heavy (non-hydrogen) atoms. The second-order valence-electron chi connectivity index (χ2n) is 4.06. The minimum atomic E-state index is -3.15. The van der Waals surface area contributed by atoms with Crippen LogP contribution in [0.1, 0.15) is 31.1 Å². The third kappa shape index (κ3) is 1.48. The molecule has 0 radical (unpaired) electrons. The minimum Gasteiger partial charge on any atom is -0.389 e. The van der Waals surface area contributed by atoms with Crippen molar-refractivity contribution < 1.29 is 13.5 Å². The first kappa shape index (κ1) is 10.6. The van der Waals surface area contributed by atoms with Crippen LogP contribution in [0.3, 0.4) is 0 Å². The highest BCUT2D eigenvalue weighted by Gasteiger charge is 2.35. The van der Waals surface area contributed by atoms with Gasteiger partial charge in [-0.3, -0.25) is 0 Å². The quantitative estimate of drug-likeness (QED) is 0.788. The minimum absolute atomic E-state index is 0.368. The van der Waals surface area contributed by atoms with Crippen molar-refractivity contribution in [2.75, 3.05) is 0 Å². The predicted octanol–water partition coefficient (Wildman–Crippen LogP) is 1.46. The maximum atomic E-state index is 11.9. The molecule has 2 rings (SSSR count). The fourth-order valence-electron chi connectivity index (χ4n) is 2.07. The summed E-state index contributed by atoms with van der Waals surface area (Å²) in [6.45, 7) is 3.37. The molecule has 1 heterocycles. The Morgan fingerprint density at radius 1 is 1.47 bits per heavy atom. The van der Waals surface area contributed by atoms with Crippen LogP contribution < -0.4 is 0 Å². The van der Waals surface area contributed by atoms with E-state index >= 15 is 0 Å². The molecule has 1 aromatic rings. The van der Waals surface area contributed by atoms with E-state index in [1.807, 2.05) is 0 Å². The Kier molecular flexibility index (Phi) is 2.35. The lowest BCUT2D eigenvalue weighted by atomic mass is 10.00. The molecule has 0 aromatic heterocycles. The summed E-state index contributed by atoms with van der Waals surface area (Å²) >= 11 is 0. The molecule has 1 N–H and O–H groups in total. The zero-order valence-electron chi connectivity index (χ0n) is 8.77. The molecule has 1 aliphatic heterocycles. The molecule has 0 spiro atoms. The van der Waals surface area contributed by atoms with E-state index < -0.39 is 15.9 Å². The predicted molar refractivity (Wildman–Crippen MR) is 57.4 cm³/mol. The van der Waals surface area contributed by atoms with Crippen molar-refractivity contribution in [3.05, 3.63) is 29.3 Å². The normalized spacial score (nSPS) is 24.9. The Balaban J connectivity index is 2.69. The van der Waals surface area contributed by atoms with Crippen molar-refractivity contribution in [2.24, 2.45) is 0 Å². The van der Waals surface area contributed by atoms with E-state index in [-0.39, 0.29) is 5.25 Å². The lowest BCUT2D eigenvalue weighted by Gasteiger charge is -2.09. The van der Waals surface area contributed by atoms with Crippen LogP contribution in [0.15, 0.2) is 23.1 Å². The zero-order chi connectivity index (χ0) is 11.2. The van der Waals surface area contributed by atoms with Crippen LogP contribution in [-0.4, -0.2) is 18.8 Å². The van der Waals surface area contributed by atoms with Crippen molar-refractivity contribution in [1.82, 2.24) is 0 Å². The Labute approximate surface area is 89.7 Å². The van der Waals surface area contributed by atoms with Gasteiger partial charge in [0.2, 0.25) is 0 Å². The largest absolute Gasteiger partial charge is 0.389 e. The molecule has 3 nitrogen and oxygen atoms in total. The van der Waals surface area contributed by atoms with E-state index in [0.29, 0.717) is 11.3 Å². The van der Waals surface area contributed by atoms with Crippen LogP contribution in [0.4, 0.5) is 0 Å². The van der Waals surface area contributed by atoms with Gasteiger partial charge < -0.3 is 5.11 Å². The molecular weight excluding hydrogens is 212 g/mol. The van der Waals surface area contributed by atoms with Crippen molar-refractivity contribution in [3.63, 3.8) is 0 Å². The third-order valence-corrected chi connectivity index (χ3v) is 5.17. The van der Waals surface area contributed by atoms with Gasteiger partial charge in [-0.15, -0.1) is 0 Å². The first-order chi connectivity index (χ1) is 6.94. The standard InChI is InChI=1S/C11H14O3S/c1-7-6-10-9(8(2)12)4-3-5-11(10)15(7,13)14/h3-5,7-8,12H,6H2,1-2H3. The number of aliphatic hydroxyl groups is 1. The van der Waals surface area contributed by atoms with Gasteiger partial charge in [-0.1, -0.05) is 12.1 Å². The van der Waals surface area contributed by atoms with E-state index in [0.717, 1.165) is 11.1 Å². The SMILES string of the molecule is CC(O)c1cccc2c1CC(C)S2(=O)=O. The van der Waals surface area contributed by atoms with Crippen LogP contribution in [0.2, 0.25) is 0 Å². The lowest BCUT2D eigenvalue weighted by Crippen LogP contribution is -2.11. The average molecular weight is 226 g/mol. The number of hydrogen-bond acceptors (Lipinski definition) is 3. The highest BCUT2D eigenvalue weighted by atomic mass is 32.2. The monoisotopic (exact) mass is 226 g/mol. The van der Waals surface area contributed by atoms with E-state index in [1.54, 1.807) is 32.0 Å². The molecular formula is C11H14O3S. The van der Waals surface area contributed by atoms with Gasteiger partial charge in [-0.05, 0) is 37.5 Å². The maximum Gasteiger partial charge on any atom is 0.181 e. The number of fused-ring (bicyclic) bond motifs is 1. The summed E-state index contributed by atoms with van der Waals surface area (Å²) in [4.78, 5) is 0.397. The maximum absolute atomic E-state index is 11.9. The summed E-state index contributed by atoms with van der Waals surface area (Å²) in [6.07, 6.45) is -0.0981. The average Bonchev–Trinajstić information content (AvgIpc) is 2.38. The van der Waals surface area contributed by atoms with Gasteiger partial charge in [-0.2, -0.15) is 0 Å². The summed E-state index contributed by atoms with van der Waals surface area (Å²) in [5, 5.41) is 9.18. The molecule has 2 atom stereocenters. The van der Waals surface area contributed by atoms with Crippen LogP contribution in [0.5, 0.6) is 0 Å². The lowest BCUT2D eigenvalue weighted by molar-refractivity contribution is 0.198. The fourth-order valence-corrected chi connectivity index (χ4v) is 3.71. The first-order valence-corrected chi connectivity index (χ1v) is 6.53. The Morgan fingerprint density at radius 3 is 2.73 bits per heavy atom. The molecule has 0 amide bonds. The molecule has 0 aliphatic carbocycles. The Morgan fingerprint density at radius 2 is 2.13 bits per heavy atom. The van der Waals surface area contributed by atoms with Gasteiger partial charge in [0.05, 0.1) is 16.2 Å². The molecule has 2 unspecified atom stereocenters. The van der Waals surface area contributed by atoms with Crippen molar-refractivity contribution >= 4 is 9.84 Å². The van der Waals surface area contributed by atoms with Crippen molar-refractivity contribution in [1.29, 1.82) is 0 Å². The van der Waals surface area contributed by atoms with Crippen LogP contribution in [0.25, 0.3) is 0 Å². The van der Waals surface area contributed by atoms with Gasteiger partial charge in [0.25, 0.3) is 0 Å². The van der Waals surface area contributed by atoms with E-state index in [2.05, 4.69) is 0 Å². The topological polar surface area (TPSA) is 54.4 Å². The molecule has 0 fully saturated rings. The molecule has 82 valence electrons. The van der Waals surface area contributed by atoms with Gasteiger partial charge in [0.15, 0.2) is 9.84 Å².